The standard InChI is InChI=1S/C23H27FN4O2S2/c1-28(31-2)22-13-18(23(30)26-20(14-29)11-17-8-10-32-15-17)12-21(27-22)25-9-7-16-3-5-19(24)6-4-16/h3-6,8,10,12-13,15,20,29H,7,9,11,14H2,1-2H3,(H,25,27)(H,26,30). The first-order chi connectivity index (χ1) is 15.5. The van der Waals surface area contributed by atoms with Crippen LogP contribution in [0, 0.1) is 5.82 Å². The zero-order valence-corrected chi connectivity index (χ0v) is 19.7. The van der Waals surface area contributed by atoms with Crippen LogP contribution in [0.15, 0.2) is 53.2 Å². The van der Waals surface area contributed by atoms with Crippen LogP contribution in [0.2, 0.25) is 0 Å². The summed E-state index contributed by atoms with van der Waals surface area (Å²) in [6.45, 7) is 0.441. The zero-order valence-electron chi connectivity index (χ0n) is 18.0. The maximum atomic E-state index is 13.1. The minimum Gasteiger partial charge on any atom is -0.394 e. The molecule has 170 valence electrons. The summed E-state index contributed by atoms with van der Waals surface area (Å²) in [5, 5.41) is 19.9. The van der Waals surface area contributed by atoms with Crippen molar-refractivity contribution in [3.63, 3.8) is 0 Å². The summed E-state index contributed by atoms with van der Waals surface area (Å²) in [5.41, 5.74) is 2.55. The van der Waals surface area contributed by atoms with Crippen LogP contribution in [0.1, 0.15) is 21.5 Å². The predicted molar refractivity (Wildman–Crippen MR) is 131 cm³/mol. The fourth-order valence-electron chi connectivity index (χ4n) is 3.10. The van der Waals surface area contributed by atoms with Crippen LogP contribution in [0.3, 0.4) is 0 Å². The molecule has 0 aliphatic carbocycles. The van der Waals surface area contributed by atoms with Gasteiger partial charge in [0.05, 0.1) is 12.6 Å². The summed E-state index contributed by atoms with van der Waals surface area (Å²) in [7, 11) is 1.88. The number of carbonyl (C=O) groups is 1. The van der Waals surface area contributed by atoms with E-state index in [-0.39, 0.29) is 24.4 Å². The number of rotatable bonds is 11. The van der Waals surface area contributed by atoms with E-state index in [9.17, 15) is 14.3 Å². The highest BCUT2D eigenvalue weighted by Crippen LogP contribution is 2.21. The van der Waals surface area contributed by atoms with Crippen LogP contribution in [0.4, 0.5) is 16.0 Å². The van der Waals surface area contributed by atoms with E-state index >= 15 is 0 Å². The molecule has 1 amide bonds. The number of aliphatic hydroxyl groups excluding tert-OH is 1. The second kappa shape index (κ2) is 11.8. The average Bonchev–Trinajstić information content (AvgIpc) is 3.32. The number of aromatic nitrogens is 1. The van der Waals surface area contributed by atoms with Crippen molar-refractivity contribution in [1.82, 2.24) is 10.3 Å². The van der Waals surface area contributed by atoms with Crippen molar-refractivity contribution in [2.45, 2.75) is 18.9 Å². The second-order valence-corrected chi connectivity index (χ2v) is 8.96. The second-order valence-electron chi connectivity index (χ2n) is 7.27. The number of aliphatic hydroxyl groups is 1. The topological polar surface area (TPSA) is 77.5 Å². The quantitative estimate of drug-likeness (QED) is 0.365. The lowest BCUT2D eigenvalue weighted by atomic mass is 10.1. The van der Waals surface area contributed by atoms with Crippen LogP contribution in [0.5, 0.6) is 0 Å². The molecule has 0 aliphatic heterocycles. The number of nitrogens with zero attached hydrogens (tertiary/aromatic N) is 2. The molecule has 0 aliphatic rings. The highest BCUT2D eigenvalue weighted by molar-refractivity contribution is 7.99. The normalized spacial score (nSPS) is 11.8. The number of pyridine rings is 1. The van der Waals surface area contributed by atoms with Gasteiger partial charge in [-0.05, 0) is 65.1 Å². The molecule has 9 heteroatoms. The van der Waals surface area contributed by atoms with E-state index in [0.717, 1.165) is 11.1 Å². The van der Waals surface area contributed by atoms with Gasteiger partial charge in [-0.3, -0.25) is 4.79 Å². The highest BCUT2D eigenvalue weighted by atomic mass is 32.2. The first-order valence-corrected chi connectivity index (χ1v) is 12.3. The zero-order chi connectivity index (χ0) is 22.9. The van der Waals surface area contributed by atoms with Crippen molar-refractivity contribution in [2.75, 3.05) is 36.1 Å². The Morgan fingerprint density at radius 2 is 2.03 bits per heavy atom. The molecule has 0 radical (unpaired) electrons. The molecule has 0 bridgehead atoms. The van der Waals surface area contributed by atoms with Crippen molar-refractivity contribution in [1.29, 1.82) is 0 Å². The van der Waals surface area contributed by atoms with Crippen molar-refractivity contribution < 1.29 is 14.3 Å². The molecule has 0 saturated heterocycles. The third-order valence-electron chi connectivity index (χ3n) is 4.92. The maximum Gasteiger partial charge on any atom is 0.251 e. The number of hydrogen-bond donors (Lipinski definition) is 3. The SMILES string of the molecule is CSN(C)c1cc(C(=O)NC(CO)Cc2ccsc2)cc(NCCc2ccc(F)cc2)n1. The number of halogens is 1. The Morgan fingerprint density at radius 1 is 1.25 bits per heavy atom. The summed E-state index contributed by atoms with van der Waals surface area (Å²) in [6.07, 6.45) is 3.19. The summed E-state index contributed by atoms with van der Waals surface area (Å²) >= 11 is 3.07. The number of benzene rings is 1. The lowest BCUT2D eigenvalue weighted by molar-refractivity contribution is 0.0916. The molecule has 2 heterocycles. The summed E-state index contributed by atoms with van der Waals surface area (Å²) in [4.78, 5) is 17.5. The third kappa shape index (κ3) is 6.94. The number of carbonyl (C=O) groups excluding carboxylic acids is 1. The predicted octanol–water partition coefficient (Wildman–Crippen LogP) is 3.98. The van der Waals surface area contributed by atoms with Gasteiger partial charge in [-0.15, -0.1) is 0 Å². The lowest BCUT2D eigenvalue weighted by Gasteiger charge is -2.19. The van der Waals surface area contributed by atoms with Gasteiger partial charge in [-0.1, -0.05) is 24.1 Å². The van der Waals surface area contributed by atoms with E-state index in [1.165, 1.54) is 24.1 Å². The van der Waals surface area contributed by atoms with Gasteiger partial charge in [0.15, 0.2) is 0 Å². The molecular formula is C23H27FN4O2S2. The number of nitrogens with one attached hydrogen (secondary N) is 2. The molecule has 3 rings (SSSR count). The highest BCUT2D eigenvalue weighted by Gasteiger charge is 2.17. The Labute approximate surface area is 196 Å². The van der Waals surface area contributed by atoms with Crippen LogP contribution in [0.25, 0.3) is 0 Å². The molecule has 0 spiro atoms. The molecule has 1 aromatic carbocycles. The Balaban J connectivity index is 1.70. The molecular weight excluding hydrogens is 447 g/mol. The molecule has 3 N–H and O–H groups in total. The Bertz CT molecular complexity index is 1000. The van der Waals surface area contributed by atoms with E-state index in [1.807, 2.05) is 34.4 Å². The average molecular weight is 475 g/mol. The summed E-state index contributed by atoms with van der Waals surface area (Å²) < 4.78 is 15.0. The van der Waals surface area contributed by atoms with Crippen LogP contribution < -0.4 is 14.9 Å². The molecule has 32 heavy (non-hydrogen) atoms. The Kier molecular flexibility index (Phi) is 8.90. The largest absolute Gasteiger partial charge is 0.394 e. The summed E-state index contributed by atoms with van der Waals surface area (Å²) in [6, 6.07) is 11.4. The van der Waals surface area contributed by atoms with E-state index < -0.39 is 0 Å². The molecule has 1 unspecified atom stereocenters. The van der Waals surface area contributed by atoms with E-state index in [2.05, 4.69) is 15.6 Å². The molecule has 0 fully saturated rings. The first kappa shape index (κ1) is 24.0. The van der Waals surface area contributed by atoms with Crippen molar-refractivity contribution in [3.8, 4) is 0 Å². The lowest BCUT2D eigenvalue weighted by Crippen LogP contribution is -2.39. The molecule has 2 aromatic heterocycles. The van der Waals surface area contributed by atoms with Crippen molar-refractivity contribution in [2.24, 2.45) is 0 Å². The fourth-order valence-corrected chi connectivity index (χ4v) is 4.06. The van der Waals surface area contributed by atoms with Gasteiger partial charge in [0.25, 0.3) is 5.91 Å². The minimum atomic E-state index is -0.373. The van der Waals surface area contributed by atoms with Gasteiger partial charge in [0.2, 0.25) is 0 Å². The third-order valence-corrected chi connectivity index (χ3v) is 6.39. The Morgan fingerprint density at radius 3 is 2.69 bits per heavy atom. The van der Waals surface area contributed by atoms with E-state index in [4.69, 9.17) is 0 Å². The maximum absolute atomic E-state index is 13.1. The monoisotopic (exact) mass is 474 g/mol. The van der Waals surface area contributed by atoms with Gasteiger partial charge >= 0.3 is 0 Å². The number of thiophene rings is 1. The number of hydrogen-bond acceptors (Lipinski definition) is 7. The van der Waals surface area contributed by atoms with Crippen molar-refractivity contribution >= 4 is 40.8 Å². The Hall–Kier alpha value is -2.62. The number of amides is 1. The molecule has 3 aromatic rings. The molecule has 1 atom stereocenters. The minimum absolute atomic E-state index is 0.146. The van der Waals surface area contributed by atoms with E-state index in [0.29, 0.717) is 36.6 Å². The van der Waals surface area contributed by atoms with E-state index in [1.54, 1.807) is 35.6 Å². The van der Waals surface area contributed by atoms with Crippen LogP contribution in [-0.4, -0.2) is 48.5 Å². The molecule has 0 saturated carbocycles. The van der Waals surface area contributed by atoms with Gasteiger partial charge in [0.1, 0.15) is 17.5 Å². The number of anilines is 2. The van der Waals surface area contributed by atoms with Crippen LogP contribution in [-0.2, 0) is 12.8 Å². The fraction of sp³-hybridized carbons (Fsp3) is 0.304. The van der Waals surface area contributed by atoms with Gasteiger partial charge in [-0.25, -0.2) is 9.37 Å². The van der Waals surface area contributed by atoms with Gasteiger partial charge < -0.3 is 20.0 Å². The van der Waals surface area contributed by atoms with Crippen LogP contribution >= 0.6 is 23.3 Å². The first-order valence-electron chi connectivity index (χ1n) is 10.2. The molecule has 6 nitrogen and oxygen atoms in total. The summed E-state index contributed by atoms with van der Waals surface area (Å²) in [5.74, 6) is 0.702. The van der Waals surface area contributed by atoms with Gasteiger partial charge in [-0.2, -0.15) is 11.3 Å². The smallest absolute Gasteiger partial charge is 0.251 e. The van der Waals surface area contributed by atoms with Crippen molar-refractivity contribution in [3.05, 3.63) is 75.7 Å². The van der Waals surface area contributed by atoms with Gasteiger partial charge in [0, 0.05) is 25.4 Å².